The van der Waals surface area contributed by atoms with Crippen molar-refractivity contribution in [2.75, 3.05) is 42.3 Å². The first kappa shape index (κ1) is 17.5. The minimum absolute atomic E-state index is 0. The largest absolute Gasteiger partial charge is 1.00 e. The highest BCUT2D eigenvalue weighted by molar-refractivity contribution is 5.95. The van der Waals surface area contributed by atoms with E-state index in [-0.39, 0.29) is 12.4 Å². The summed E-state index contributed by atoms with van der Waals surface area (Å²) in [7, 11) is 12.4. The monoisotopic (exact) mass is 281 g/mol. The number of benzene rings is 1. The lowest BCUT2D eigenvalue weighted by atomic mass is 10.1. The molecule has 19 heavy (non-hydrogen) atoms. The van der Waals surface area contributed by atoms with Crippen molar-refractivity contribution in [2.24, 2.45) is 0 Å². The van der Waals surface area contributed by atoms with Crippen LogP contribution in [0.25, 0.3) is 5.70 Å². The molecule has 0 saturated carbocycles. The van der Waals surface area contributed by atoms with Crippen LogP contribution in [0.4, 0.5) is 0 Å². The summed E-state index contributed by atoms with van der Waals surface area (Å²) in [5, 5.41) is 0. The molecule has 0 aliphatic carbocycles. The molecule has 0 aliphatic rings. The third-order valence-corrected chi connectivity index (χ3v) is 2.73. The van der Waals surface area contributed by atoms with Crippen molar-refractivity contribution in [1.29, 1.82) is 0 Å². The van der Waals surface area contributed by atoms with E-state index in [1.807, 2.05) is 6.07 Å². The van der Waals surface area contributed by atoms with E-state index in [2.05, 4.69) is 87.0 Å². The van der Waals surface area contributed by atoms with Gasteiger partial charge in [-0.1, -0.05) is 30.3 Å². The fourth-order valence-electron chi connectivity index (χ4n) is 1.86. The van der Waals surface area contributed by atoms with Crippen LogP contribution in [0.1, 0.15) is 5.56 Å². The van der Waals surface area contributed by atoms with Crippen LogP contribution in [0, 0.1) is 0 Å². The first-order valence-electron chi connectivity index (χ1n) is 6.09. The summed E-state index contributed by atoms with van der Waals surface area (Å²) in [4.78, 5) is 4.26. The maximum atomic E-state index is 2.20. The van der Waals surface area contributed by atoms with E-state index in [4.69, 9.17) is 0 Å². The molecule has 0 aliphatic heterocycles. The summed E-state index contributed by atoms with van der Waals surface area (Å²) in [6.45, 7) is 0. The standard InChI is InChI=1S/C15H24N3.ClH/c1-16(2)14(13-10-8-7-9-11-13)12-15(17(3)4)18(5)6;/h7-12H,1-6H3;1H/q+1;/p-1. The predicted molar refractivity (Wildman–Crippen MR) is 78.9 cm³/mol. The van der Waals surface area contributed by atoms with Crippen molar-refractivity contribution >= 4 is 11.5 Å². The highest BCUT2D eigenvalue weighted by Gasteiger charge is 2.12. The molecule has 0 atom stereocenters. The molecule has 0 unspecified atom stereocenters. The molecule has 106 valence electrons. The van der Waals surface area contributed by atoms with E-state index in [0.29, 0.717) is 0 Å². The van der Waals surface area contributed by atoms with Gasteiger partial charge in [-0.15, -0.1) is 0 Å². The average molecular weight is 282 g/mol. The van der Waals surface area contributed by atoms with Gasteiger partial charge in [-0.3, -0.25) is 9.48 Å². The summed E-state index contributed by atoms with van der Waals surface area (Å²) in [5.74, 6) is 1.17. The zero-order chi connectivity index (χ0) is 13.7. The van der Waals surface area contributed by atoms with Crippen molar-refractivity contribution in [3.05, 3.63) is 42.0 Å². The Labute approximate surface area is 123 Å². The van der Waals surface area contributed by atoms with E-state index >= 15 is 0 Å². The predicted octanol–water partition coefficient (Wildman–Crippen LogP) is -1.17. The summed E-state index contributed by atoms with van der Waals surface area (Å²) in [6.07, 6.45) is 2.20. The van der Waals surface area contributed by atoms with Gasteiger partial charge >= 0.3 is 0 Å². The maximum absolute atomic E-state index is 2.20. The smallest absolute Gasteiger partial charge is 0.273 e. The molecule has 3 nitrogen and oxygen atoms in total. The molecule has 0 spiro atoms. The fourth-order valence-corrected chi connectivity index (χ4v) is 1.86. The van der Waals surface area contributed by atoms with Crippen LogP contribution >= 0.6 is 0 Å². The van der Waals surface area contributed by atoms with Crippen LogP contribution in [0.5, 0.6) is 0 Å². The highest BCUT2D eigenvalue weighted by Crippen LogP contribution is 2.16. The third kappa shape index (κ3) is 4.95. The number of nitrogens with zero attached hydrogens (tertiary/aromatic N) is 3. The Hall–Kier alpha value is -1.48. The molecule has 0 saturated heterocycles. The molecule has 0 amide bonds. The van der Waals surface area contributed by atoms with Crippen LogP contribution in [-0.4, -0.2) is 62.5 Å². The quantitative estimate of drug-likeness (QED) is 0.392. The number of likely N-dealkylation sites (N-methyl/N-ethyl adjacent to an activating group) is 1. The molecule has 0 N–H and O–H groups in total. The SMILES string of the molecule is CN(C)C(/C=C(\c1ccccc1)N(C)C)=[N+](C)C.[Cl-]. The van der Waals surface area contributed by atoms with Gasteiger partial charge in [0.2, 0.25) is 0 Å². The van der Waals surface area contributed by atoms with E-state index in [0.717, 1.165) is 0 Å². The van der Waals surface area contributed by atoms with Crippen LogP contribution in [0.15, 0.2) is 36.4 Å². The van der Waals surface area contributed by atoms with E-state index in [1.54, 1.807) is 0 Å². The number of rotatable bonds is 3. The van der Waals surface area contributed by atoms with Crippen molar-refractivity contribution in [2.45, 2.75) is 0 Å². The molecule has 0 bridgehead atoms. The molecule has 1 rings (SSSR count). The molecule has 0 heterocycles. The van der Waals surface area contributed by atoms with E-state index in [9.17, 15) is 0 Å². The summed E-state index contributed by atoms with van der Waals surface area (Å²) >= 11 is 0. The Balaban J connectivity index is 0.00000324. The normalized spacial score (nSPS) is 10.5. The van der Waals surface area contributed by atoms with E-state index in [1.165, 1.54) is 17.1 Å². The van der Waals surface area contributed by atoms with Crippen LogP contribution in [0.2, 0.25) is 0 Å². The van der Waals surface area contributed by atoms with Gasteiger partial charge in [0, 0.05) is 14.1 Å². The highest BCUT2D eigenvalue weighted by atomic mass is 35.5. The van der Waals surface area contributed by atoms with Gasteiger partial charge in [0.1, 0.15) is 0 Å². The van der Waals surface area contributed by atoms with Crippen molar-refractivity contribution in [1.82, 2.24) is 9.80 Å². The van der Waals surface area contributed by atoms with Crippen LogP contribution in [0.3, 0.4) is 0 Å². The second-order valence-electron chi connectivity index (χ2n) is 4.94. The Bertz CT molecular complexity index is 444. The fraction of sp³-hybridized carbons (Fsp3) is 0.400. The zero-order valence-corrected chi connectivity index (χ0v) is 13.4. The Morgan fingerprint density at radius 3 is 1.84 bits per heavy atom. The second-order valence-corrected chi connectivity index (χ2v) is 4.94. The van der Waals surface area contributed by atoms with Crippen molar-refractivity contribution < 1.29 is 17.0 Å². The summed E-state index contributed by atoms with van der Waals surface area (Å²) in [6, 6.07) is 10.4. The molecule has 0 fully saturated rings. The Morgan fingerprint density at radius 1 is 0.947 bits per heavy atom. The van der Waals surface area contributed by atoms with Gasteiger partial charge in [-0.2, -0.15) is 0 Å². The number of halogens is 1. The second kappa shape index (κ2) is 7.85. The first-order valence-corrected chi connectivity index (χ1v) is 6.09. The van der Waals surface area contributed by atoms with Crippen molar-refractivity contribution in [3.63, 3.8) is 0 Å². The summed E-state index contributed by atoms with van der Waals surface area (Å²) in [5.41, 5.74) is 2.43. The van der Waals surface area contributed by atoms with Crippen LogP contribution < -0.4 is 12.4 Å². The first-order chi connectivity index (χ1) is 8.43. The number of hydrogen-bond donors (Lipinski definition) is 0. The van der Waals surface area contributed by atoms with Gasteiger partial charge in [-0.25, -0.2) is 0 Å². The molecular formula is C15H24ClN3. The summed E-state index contributed by atoms with van der Waals surface area (Å²) < 4.78 is 2.12. The van der Waals surface area contributed by atoms with Gasteiger partial charge in [0.25, 0.3) is 5.84 Å². The molecular weight excluding hydrogens is 258 g/mol. The van der Waals surface area contributed by atoms with Crippen molar-refractivity contribution in [3.8, 4) is 0 Å². The minimum atomic E-state index is 0. The molecule has 0 aromatic heterocycles. The van der Waals surface area contributed by atoms with E-state index < -0.39 is 0 Å². The molecule has 0 radical (unpaired) electrons. The molecule has 4 heteroatoms. The molecule has 1 aromatic carbocycles. The Kier molecular flexibility index (Phi) is 7.23. The topological polar surface area (TPSA) is 9.49 Å². The number of amidine groups is 1. The van der Waals surface area contributed by atoms with Crippen LogP contribution in [-0.2, 0) is 0 Å². The van der Waals surface area contributed by atoms with Gasteiger partial charge < -0.3 is 17.3 Å². The van der Waals surface area contributed by atoms with Gasteiger partial charge in [0.15, 0.2) is 0 Å². The molecule has 1 aromatic rings. The Morgan fingerprint density at radius 2 is 1.47 bits per heavy atom. The van der Waals surface area contributed by atoms with Gasteiger partial charge in [0.05, 0.1) is 40.0 Å². The minimum Gasteiger partial charge on any atom is -1.00 e. The lowest BCUT2D eigenvalue weighted by Gasteiger charge is -2.18. The zero-order valence-electron chi connectivity index (χ0n) is 12.7. The lowest BCUT2D eigenvalue weighted by molar-refractivity contribution is -0.468. The number of hydrogen-bond acceptors (Lipinski definition) is 1. The maximum Gasteiger partial charge on any atom is 0.273 e. The third-order valence-electron chi connectivity index (χ3n) is 2.73. The lowest BCUT2D eigenvalue weighted by Crippen LogP contribution is -3.00. The van der Waals surface area contributed by atoms with Gasteiger partial charge in [-0.05, 0) is 5.56 Å². The average Bonchev–Trinajstić information content (AvgIpc) is 2.29.